The number of hydrogen-bond acceptors (Lipinski definition) is 5. The zero-order chi connectivity index (χ0) is 15.9. The summed E-state index contributed by atoms with van der Waals surface area (Å²) in [5, 5.41) is 18.5. The molecule has 0 amide bonds. The lowest BCUT2D eigenvalue weighted by atomic mass is 10.1. The number of ketones is 1. The molecule has 5 heteroatoms. The number of phenolic OH excluding ortho intramolecular Hbond substituents is 1. The van der Waals surface area contributed by atoms with Crippen molar-refractivity contribution in [1.29, 1.82) is 0 Å². The number of hydrogen-bond donors (Lipinski definition) is 2. The van der Waals surface area contributed by atoms with Gasteiger partial charge in [0.05, 0.1) is 6.61 Å². The second-order valence-electron chi connectivity index (χ2n) is 4.77. The molecule has 2 N–H and O–H groups in total. The molecule has 0 atom stereocenters. The fraction of sp³-hybridized carbons (Fsp3) is 0.235. The third-order valence-corrected chi connectivity index (χ3v) is 3.02. The average Bonchev–Trinajstić information content (AvgIpc) is 2.51. The Bertz CT molecular complexity index is 634. The van der Waals surface area contributed by atoms with Gasteiger partial charge < -0.3 is 19.7 Å². The number of benzene rings is 2. The topological polar surface area (TPSA) is 76.0 Å². The number of phenols is 1. The zero-order valence-electron chi connectivity index (χ0n) is 12.3. The van der Waals surface area contributed by atoms with E-state index in [1.165, 1.54) is 19.1 Å². The van der Waals surface area contributed by atoms with Crippen molar-refractivity contribution in [3.63, 3.8) is 0 Å². The Labute approximate surface area is 128 Å². The Kier molecular flexibility index (Phi) is 5.38. The van der Waals surface area contributed by atoms with Crippen LogP contribution in [0.5, 0.6) is 17.2 Å². The van der Waals surface area contributed by atoms with Gasteiger partial charge in [0.2, 0.25) is 0 Å². The van der Waals surface area contributed by atoms with Crippen LogP contribution in [0.4, 0.5) is 0 Å². The van der Waals surface area contributed by atoms with Gasteiger partial charge in [-0.1, -0.05) is 0 Å². The predicted octanol–water partition coefficient (Wildman–Crippen LogP) is 2.54. The highest BCUT2D eigenvalue weighted by Gasteiger charge is 2.02. The van der Waals surface area contributed by atoms with Crippen LogP contribution in [-0.2, 0) is 6.61 Å². The number of aliphatic hydroxyl groups is 1. The second-order valence-corrected chi connectivity index (χ2v) is 4.77. The summed E-state index contributed by atoms with van der Waals surface area (Å²) >= 11 is 0. The number of aromatic hydroxyl groups is 1. The van der Waals surface area contributed by atoms with Gasteiger partial charge in [0.1, 0.15) is 30.5 Å². The van der Waals surface area contributed by atoms with Crippen molar-refractivity contribution in [2.24, 2.45) is 0 Å². The molecule has 0 aromatic heterocycles. The Hall–Kier alpha value is -2.53. The fourth-order valence-electron chi connectivity index (χ4n) is 1.92. The minimum absolute atomic E-state index is 0.0125. The first-order valence-electron chi connectivity index (χ1n) is 6.89. The monoisotopic (exact) mass is 302 g/mol. The molecule has 0 fully saturated rings. The van der Waals surface area contributed by atoms with Crippen molar-refractivity contribution in [2.45, 2.75) is 13.5 Å². The van der Waals surface area contributed by atoms with Crippen LogP contribution in [0.15, 0.2) is 42.5 Å². The van der Waals surface area contributed by atoms with Gasteiger partial charge in [-0.05, 0) is 48.9 Å². The molecule has 0 heterocycles. The first kappa shape index (κ1) is 15.9. The van der Waals surface area contributed by atoms with Gasteiger partial charge in [-0.3, -0.25) is 4.79 Å². The third-order valence-electron chi connectivity index (χ3n) is 3.02. The van der Waals surface area contributed by atoms with E-state index in [9.17, 15) is 9.90 Å². The first-order valence-corrected chi connectivity index (χ1v) is 6.89. The van der Waals surface area contributed by atoms with E-state index in [4.69, 9.17) is 14.6 Å². The van der Waals surface area contributed by atoms with Gasteiger partial charge in [0, 0.05) is 11.6 Å². The fourth-order valence-corrected chi connectivity index (χ4v) is 1.92. The zero-order valence-corrected chi connectivity index (χ0v) is 12.3. The minimum Gasteiger partial charge on any atom is -0.508 e. The van der Waals surface area contributed by atoms with E-state index in [-0.39, 0.29) is 18.1 Å². The minimum atomic E-state index is -0.163. The summed E-state index contributed by atoms with van der Waals surface area (Å²) in [6, 6.07) is 11.5. The van der Waals surface area contributed by atoms with Crippen molar-refractivity contribution in [1.82, 2.24) is 0 Å². The number of rotatable bonds is 7. The summed E-state index contributed by atoms with van der Waals surface area (Å²) in [6.45, 7) is 1.97. The summed E-state index contributed by atoms with van der Waals surface area (Å²) in [7, 11) is 0. The lowest BCUT2D eigenvalue weighted by Crippen LogP contribution is -2.09. The average molecular weight is 302 g/mol. The molecule has 0 aliphatic rings. The molecule has 0 bridgehead atoms. The maximum atomic E-state index is 11.2. The van der Waals surface area contributed by atoms with Crippen molar-refractivity contribution in [2.75, 3.05) is 13.2 Å². The SMILES string of the molecule is CC(=O)c1ccc(OCCOc2cc(O)cc(CO)c2)cc1. The maximum absolute atomic E-state index is 11.2. The highest BCUT2D eigenvalue weighted by Crippen LogP contribution is 2.21. The molecule has 5 nitrogen and oxygen atoms in total. The van der Waals surface area contributed by atoms with Crippen LogP contribution in [0.3, 0.4) is 0 Å². The second kappa shape index (κ2) is 7.47. The van der Waals surface area contributed by atoms with E-state index in [0.29, 0.717) is 35.8 Å². The summed E-state index contributed by atoms with van der Waals surface area (Å²) in [6.07, 6.45) is 0. The summed E-state index contributed by atoms with van der Waals surface area (Å²) in [5.74, 6) is 1.18. The van der Waals surface area contributed by atoms with E-state index in [1.54, 1.807) is 30.3 Å². The lowest BCUT2D eigenvalue weighted by molar-refractivity contribution is 0.101. The van der Waals surface area contributed by atoms with Crippen LogP contribution in [-0.4, -0.2) is 29.2 Å². The van der Waals surface area contributed by atoms with Crippen molar-refractivity contribution >= 4 is 5.78 Å². The van der Waals surface area contributed by atoms with Crippen LogP contribution in [0, 0.1) is 0 Å². The Morgan fingerprint density at radius 3 is 2.23 bits per heavy atom. The van der Waals surface area contributed by atoms with Gasteiger partial charge in [0.15, 0.2) is 5.78 Å². The van der Waals surface area contributed by atoms with Crippen LogP contribution in [0.25, 0.3) is 0 Å². The van der Waals surface area contributed by atoms with Gasteiger partial charge in [-0.2, -0.15) is 0 Å². The molecule has 2 aromatic carbocycles. The molecule has 0 unspecified atom stereocenters. The molecule has 2 aromatic rings. The standard InChI is InChI=1S/C17H18O5/c1-12(19)14-2-4-16(5-3-14)21-6-7-22-17-9-13(11-18)8-15(20)10-17/h2-5,8-10,18,20H,6-7,11H2,1H3. The molecule has 0 saturated heterocycles. The predicted molar refractivity (Wildman–Crippen MR) is 81.5 cm³/mol. The van der Waals surface area contributed by atoms with E-state index in [1.807, 2.05) is 0 Å². The molecule has 0 spiro atoms. The van der Waals surface area contributed by atoms with E-state index in [0.717, 1.165) is 0 Å². The highest BCUT2D eigenvalue weighted by atomic mass is 16.5. The van der Waals surface area contributed by atoms with Gasteiger partial charge in [-0.25, -0.2) is 0 Å². The molecule has 116 valence electrons. The van der Waals surface area contributed by atoms with Gasteiger partial charge >= 0.3 is 0 Å². The normalized spacial score (nSPS) is 10.3. The number of Topliss-reactive ketones (excluding diaryl/α,β-unsaturated/α-hetero) is 1. The van der Waals surface area contributed by atoms with E-state index >= 15 is 0 Å². The first-order chi connectivity index (χ1) is 10.6. The Morgan fingerprint density at radius 1 is 1.00 bits per heavy atom. The molecule has 0 aliphatic heterocycles. The van der Waals surface area contributed by atoms with Crippen LogP contribution >= 0.6 is 0 Å². The van der Waals surface area contributed by atoms with Crippen molar-refractivity contribution in [3.8, 4) is 17.2 Å². The third kappa shape index (κ3) is 4.49. The van der Waals surface area contributed by atoms with Crippen LogP contribution in [0.2, 0.25) is 0 Å². The summed E-state index contributed by atoms with van der Waals surface area (Å²) < 4.78 is 11.0. The van der Waals surface area contributed by atoms with E-state index in [2.05, 4.69) is 0 Å². The van der Waals surface area contributed by atoms with Gasteiger partial charge in [-0.15, -0.1) is 0 Å². The molecule has 0 aliphatic carbocycles. The number of carbonyl (C=O) groups is 1. The maximum Gasteiger partial charge on any atom is 0.159 e. The molecular weight excluding hydrogens is 284 g/mol. The molecular formula is C17H18O5. The van der Waals surface area contributed by atoms with Gasteiger partial charge in [0.25, 0.3) is 0 Å². The summed E-state index contributed by atoms with van der Waals surface area (Å²) in [5.41, 5.74) is 1.22. The van der Waals surface area contributed by atoms with Crippen molar-refractivity contribution in [3.05, 3.63) is 53.6 Å². The molecule has 22 heavy (non-hydrogen) atoms. The number of carbonyl (C=O) groups excluding carboxylic acids is 1. The largest absolute Gasteiger partial charge is 0.508 e. The highest BCUT2D eigenvalue weighted by molar-refractivity contribution is 5.94. The molecule has 2 rings (SSSR count). The van der Waals surface area contributed by atoms with Crippen molar-refractivity contribution < 1.29 is 24.5 Å². The smallest absolute Gasteiger partial charge is 0.159 e. The van der Waals surface area contributed by atoms with Crippen LogP contribution in [0.1, 0.15) is 22.8 Å². The summed E-state index contributed by atoms with van der Waals surface area (Å²) in [4.78, 5) is 11.2. The Morgan fingerprint density at radius 2 is 1.64 bits per heavy atom. The number of aliphatic hydroxyl groups excluding tert-OH is 1. The van der Waals surface area contributed by atoms with Crippen LogP contribution < -0.4 is 9.47 Å². The van der Waals surface area contributed by atoms with E-state index < -0.39 is 0 Å². The molecule has 0 radical (unpaired) electrons. The number of ether oxygens (including phenoxy) is 2. The molecule has 0 saturated carbocycles. The Balaban J connectivity index is 1.81. The quantitative estimate of drug-likeness (QED) is 0.607. The lowest BCUT2D eigenvalue weighted by Gasteiger charge is -2.10.